The van der Waals surface area contributed by atoms with Crippen LogP contribution in [-0.2, 0) is 11.2 Å². The third-order valence-corrected chi connectivity index (χ3v) is 6.51. The molecule has 1 amide bonds. The van der Waals surface area contributed by atoms with Crippen molar-refractivity contribution in [2.24, 2.45) is 0 Å². The molecule has 0 aliphatic heterocycles. The Bertz CT molecular complexity index is 1870. The number of H-pyrrole nitrogens is 1. The van der Waals surface area contributed by atoms with Gasteiger partial charge < -0.3 is 10.3 Å². The van der Waals surface area contributed by atoms with E-state index < -0.39 is 0 Å². The zero-order valence-corrected chi connectivity index (χ0v) is 20.7. The van der Waals surface area contributed by atoms with E-state index in [9.17, 15) is 9.59 Å². The minimum absolute atomic E-state index is 0.0938. The number of nitrogens with one attached hydrogen (secondary N) is 2. The van der Waals surface area contributed by atoms with E-state index in [1.807, 2.05) is 60.7 Å². The number of pyridine rings is 4. The number of aromatic nitrogens is 4. The topological polar surface area (TPSA) is 101 Å². The van der Waals surface area contributed by atoms with Crippen molar-refractivity contribution in [3.05, 3.63) is 118 Å². The number of carbonyl (C=O) groups excluding carboxylic acids is 1. The van der Waals surface area contributed by atoms with Crippen LogP contribution in [-0.4, -0.2) is 25.8 Å². The molecule has 0 saturated heterocycles. The van der Waals surface area contributed by atoms with Crippen LogP contribution in [0.3, 0.4) is 0 Å². The summed E-state index contributed by atoms with van der Waals surface area (Å²) in [7, 11) is 0. The monoisotopic (exact) mass is 517 g/mol. The first-order valence-corrected chi connectivity index (χ1v) is 12.3. The van der Waals surface area contributed by atoms with E-state index >= 15 is 0 Å². The van der Waals surface area contributed by atoms with Crippen LogP contribution in [0.15, 0.2) is 102 Å². The molecule has 0 aliphatic rings. The van der Waals surface area contributed by atoms with Crippen LogP contribution in [0.1, 0.15) is 5.56 Å². The van der Waals surface area contributed by atoms with E-state index in [1.165, 1.54) is 0 Å². The second-order valence-corrected chi connectivity index (χ2v) is 9.22. The third kappa shape index (κ3) is 4.63. The molecular formula is C30H20ClN5O2. The Labute approximate surface area is 222 Å². The maximum absolute atomic E-state index is 12.9. The minimum atomic E-state index is -0.363. The fourth-order valence-corrected chi connectivity index (χ4v) is 4.74. The first-order chi connectivity index (χ1) is 18.5. The lowest BCUT2D eigenvalue weighted by Crippen LogP contribution is -2.21. The second-order valence-electron chi connectivity index (χ2n) is 8.81. The molecule has 2 aromatic carbocycles. The summed E-state index contributed by atoms with van der Waals surface area (Å²) in [6, 6.07) is 24.6. The van der Waals surface area contributed by atoms with Crippen LogP contribution >= 0.6 is 11.6 Å². The van der Waals surface area contributed by atoms with Crippen molar-refractivity contribution in [3.63, 3.8) is 0 Å². The molecule has 6 rings (SSSR count). The van der Waals surface area contributed by atoms with Gasteiger partial charge in [0.05, 0.1) is 34.5 Å². The summed E-state index contributed by atoms with van der Waals surface area (Å²) >= 11 is 6.62. The molecule has 0 radical (unpaired) electrons. The lowest BCUT2D eigenvalue weighted by Gasteiger charge is -2.13. The normalized spacial score (nSPS) is 11.1. The van der Waals surface area contributed by atoms with Crippen LogP contribution in [0.4, 0.5) is 5.69 Å². The fraction of sp³-hybridized carbons (Fsp3) is 0.0333. The molecule has 0 aliphatic carbocycles. The average Bonchev–Trinajstić information content (AvgIpc) is 2.94. The van der Waals surface area contributed by atoms with Gasteiger partial charge >= 0.3 is 0 Å². The van der Waals surface area contributed by atoms with Crippen molar-refractivity contribution in [1.82, 2.24) is 19.9 Å². The van der Waals surface area contributed by atoms with Crippen molar-refractivity contribution in [1.29, 1.82) is 0 Å². The molecule has 0 spiro atoms. The van der Waals surface area contributed by atoms with Crippen LogP contribution < -0.4 is 10.9 Å². The van der Waals surface area contributed by atoms with Gasteiger partial charge in [-0.25, -0.2) is 4.98 Å². The van der Waals surface area contributed by atoms with E-state index in [0.29, 0.717) is 33.0 Å². The number of halogens is 1. The molecule has 0 fully saturated rings. The Hall–Kier alpha value is -4.88. The van der Waals surface area contributed by atoms with E-state index in [1.54, 1.807) is 36.8 Å². The second kappa shape index (κ2) is 9.88. The largest absolute Gasteiger partial charge is 0.324 e. The first kappa shape index (κ1) is 23.5. The van der Waals surface area contributed by atoms with Gasteiger partial charge in [0.15, 0.2) is 0 Å². The molecule has 6 aromatic rings. The van der Waals surface area contributed by atoms with Gasteiger partial charge in [-0.05, 0) is 48.0 Å². The molecule has 8 heteroatoms. The Morgan fingerprint density at radius 1 is 0.895 bits per heavy atom. The first-order valence-electron chi connectivity index (χ1n) is 11.9. The molecule has 4 heterocycles. The van der Waals surface area contributed by atoms with Crippen molar-refractivity contribution in [2.45, 2.75) is 6.42 Å². The molecule has 0 unspecified atom stereocenters. The Morgan fingerprint density at radius 3 is 2.55 bits per heavy atom. The minimum Gasteiger partial charge on any atom is -0.324 e. The Balaban J connectivity index is 1.48. The van der Waals surface area contributed by atoms with Crippen molar-refractivity contribution < 1.29 is 4.79 Å². The van der Waals surface area contributed by atoms with Crippen molar-refractivity contribution in [3.8, 4) is 22.4 Å². The molecule has 0 saturated carbocycles. The molecule has 184 valence electrons. The van der Waals surface area contributed by atoms with E-state index in [2.05, 4.69) is 20.3 Å². The molecule has 0 bridgehead atoms. The highest BCUT2D eigenvalue weighted by atomic mass is 35.5. The van der Waals surface area contributed by atoms with E-state index in [-0.39, 0.29) is 17.9 Å². The van der Waals surface area contributed by atoms with Gasteiger partial charge in [-0.1, -0.05) is 48.0 Å². The number of nitrogens with zero attached hydrogens (tertiary/aromatic N) is 3. The number of carbonyl (C=O) groups is 1. The molecule has 4 aromatic heterocycles. The lowest BCUT2D eigenvalue weighted by atomic mass is 9.96. The van der Waals surface area contributed by atoms with Crippen LogP contribution in [0.5, 0.6) is 0 Å². The summed E-state index contributed by atoms with van der Waals surface area (Å²) in [5.41, 5.74) is 5.00. The predicted molar refractivity (Wildman–Crippen MR) is 150 cm³/mol. The van der Waals surface area contributed by atoms with Gasteiger partial charge in [0.2, 0.25) is 5.91 Å². The van der Waals surface area contributed by atoms with Gasteiger partial charge in [-0.2, -0.15) is 0 Å². The van der Waals surface area contributed by atoms with Crippen molar-refractivity contribution in [2.75, 3.05) is 5.32 Å². The van der Waals surface area contributed by atoms with Gasteiger partial charge in [0, 0.05) is 39.9 Å². The summed E-state index contributed by atoms with van der Waals surface area (Å²) in [6.07, 6.45) is 4.79. The molecule has 0 atom stereocenters. The summed E-state index contributed by atoms with van der Waals surface area (Å²) < 4.78 is 0. The highest BCUT2D eigenvalue weighted by Crippen LogP contribution is 2.36. The Kier molecular flexibility index (Phi) is 6.11. The quantitative estimate of drug-likeness (QED) is 0.290. The number of rotatable bonds is 5. The lowest BCUT2D eigenvalue weighted by molar-refractivity contribution is -0.115. The molecular weight excluding hydrogens is 498 g/mol. The van der Waals surface area contributed by atoms with E-state index in [0.717, 1.165) is 27.6 Å². The van der Waals surface area contributed by atoms with Crippen LogP contribution in [0, 0.1) is 0 Å². The van der Waals surface area contributed by atoms with Gasteiger partial charge in [-0.15, -0.1) is 0 Å². The maximum Gasteiger partial charge on any atom is 0.253 e. The maximum atomic E-state index is 12.9. The Morgan fingerprint density at radius 2 is 1.74 bits per heavy atom. The van der Waals surface area contributed by atoms with Gasteiger partial charge in [0.1, 0.15) is 5.65 Å². The predicted octanol–water partition coefficient (Wildman–Crippen LogP) is 6.03. The highest BCUT2D eigenvalue weighted by Gasteiger charge is 2.16. The SMILES string of the molecule is O=C(Cc1cc2cc(-c3cc(Cl)c4ncccc4c3)c(-c3ccccc3)nc2[nH]c1=O)Nc1cccnc1. The zero-order valence-electron chi connectivity index (χ0n) is 20.0. The van der Waals surface area contributed by atoms with E-state index in [4.69, 9.17) is 16.6 Å². The summed E-state index contributed by atoms with van der Waals surface area (Å²) in [5, 5.41) is 4.91. The van der Waals surface area contributed by atoms with Crippen molar-refractivity contribution >= 4 is 45.1 Å². The van der Waals surface area contributed by atoms with Crippen LogP contribution in [0.2, 0.25) is 5.02 Å². The number of hydrogen-bond donors (Lipinski definition) is 2. The number of anilines is 1. The molecule has 7 nitrogen and oxygen atoms in total. The summed E-state index contributed by atoms with van der Waals surface area (Å²) in [5.74, 6) is -0.314. The number of hydrogen-bond acceptors (Lipinski definition) is 5. The van der Waals surface area contributed by atoms with Crippen LogP contribution in [0.25, 0.3) is 44.3 Å². The fourth-order valence-electron chi connectivity index (χ4n) is 4.47. The average molecular weight is 518 g/mol. The third-order valence-electron chi connectivity index (χ3n) is 6.22. The highest BCUT2D eigenvalue weighted by molar-refractivity contribution is 6.35. The number of benzene rings is 2. The zero-order chi connectivity index (χ0) is 26.1. The molecule has 2 N–H and O–H groups in total. The summed E-state index contributed by atoms with van der Waals surface area (Å²) in [6.45, 7) is 0. The number of aromatic amines is 1. The molecule has 38 heavy (non-hydrogen) atoms. The number of amides is 1. The smallest absolute Gasteiger partial charge is 0.253 e. The number of fused-ring (bicyclic) bond motifs is 2. The standard InChI is InChI=1S/C30H20ClN5O2/c31-25-15-20(12-19-8-4-11-33-28(19)25)24-14-21-13-22(16-26(37)34-23-9-5-10-32-17-23)30(38)36-29(21)35-27(24)18-6-2-1-3-7-18/h1-15,17H,16H2,(H,34,37)(H,35,36,38). The van der Waals surface area contributed by atoms with Gasteiger partial charge in [0.25, 0.3) is 5.56 Å². The van der Waals surface area contributed by atoms with Gasteiger partial charge in [-0.3, -0.25) is 19.6 Å². The summed E-state index contributed by atoms with van der Waals surface area (Å²) in [4.78, 5) is 41.6.